The number of hydrogen-bond donors (Lipinski definition) is 2. The Morgan fingerprint density at radius 3 is 2.50 bits per heavy atom. The van der Waals surface area contributed by atoms with Gasteiger partial charge in [-0.25, -0.2) is 0 Å². The van der Waals surface area contributed by atoms with Crippen molar-refractivity contribution in [2.75, 3.05) is 47.4 Å². The van der Waals surface area contributed by atoms with E-state index in [4.69, 9.17) is 4.74 Å². The van der Waals surface area contributed by atoms with Crippen molar-refractivity contribution >= 4 is 29.9 Å². The molecule has 0 fully saturated rings. The Balaban J connectivity index is 0.00000529. The Hall–Kier alpha value is -0.860. The van der Waals surface area contributed by atoms with Crippen molar-refractivity contribution in [3.8, 4) is 0 Å². The summed E-state index contributed by atoms with van der Waals surface area (Å²) in [5.41, 5.74) is 2.72. The summed E-state index contributed by atoms with van der Waals surface area (Å²) in [6.45, 7) is 6.70. The van der Waals surface area contributed by atoms with Crippen LogP contribution in [0.15, 0.2) is 29.3 Å². The molecule has 24 heavy (non-hydrogen) atoms. The minimum atomic E-state index is 0. The number of guanidine groups is 1. The number of ether oxygens (including phenoxy) is 1. The van der Waals surface area contributed by atoms with Crippen molar-refractivity contribution in [2.24, 2.45) is 4.99 Å². The minimum absolute atomic E-state index is 0. The lowest BCUT2D eigenvalue weighted by Crippen LogP contribution is -2.38. The molecule has 0 spiro atoms. The van der Waals surface area contributed by atoms with Gasteiger partial charge >= 0.3 is 0 Å². The molecule has 1 rings (SSSR count). The average molecular weight is 448 g/mol. The number of nitrogens with one attached hydrogen (secondary N) is 2. The zero-order valence-electron chi connectivity index (χ0n) is 15.5. The van der Waals surface area contributed by atoms with E-state index in [1.54, 1.807) is 7.11 Å². The molecule has 0 aliphatic carbocycles. The van der Waals surface area contributed by atoms with Gasteiger partial charge in [-0.15, -0.1) is 24.0 Å². The van der Waals surface area contributed by atoms with Crippen LogP contribution in [0, 0.1) is 0 Å². The van der Waals surface area contributed by atoms with Crippen LogP contribution in [0.2, 0.25) is 0 Å². The fraction of sp³-hybridized carbons (Fsp3) is 0.611. The summed E-state index contributed by atoms with van der Waals surface area (Å²) < 4.78 is 5.08. The van der Waals surface area contributed by atoms with Crippen LogP contribution in [0.4, 0.5) is 0 Å². The summed E-state index contributed by atoms with van der Waals surface area (Å²) in [7, 11) is 5.67. The molecule has 0 atom stereocenters. The molecule has 0 saturated carbocycles. The molecule has 5 nitrogen and oxygen atoms in total. The fourth-order valence-electron chi connectivity index (χ4n) is 2.39. The summed E-state index contributed by atoms with van der Waals surface area (Å²) in [6.07, 6.45) is 2.13. The number of benzene rings is 1. The van der Waals surface area contributed by atoms with Crippen LogP contribution in [0.1, 0.15) is 24.5 Å². The summed E-state index contributed by atoms with van der Waals surface area (Å²) in [6, 6.07) is 8.53. The molecule has 0 aliphatic heterocycles. The number of aliphatic imine (C=N–C) groups is 1. The van der Waals surface area contributed by atoms with E-state index in [0.29, 0.717) is 0 Å². The summed E-state index contributed by atoms with van der Waals surface area (Å²) in [5, 5.41) is 6.76. The van der Waals surface area contributed by atoms with Gasteiger partial charge in [-0.05, 0) is 37.6 Å². The largest absolute Gasteiger partial charge is 0.383 e. The van der Waals surface area contributed by atoms with Gasteiger partial charge in [-0.1, -0.05) is 31.2 Å². The smallest absolute Gasteiger partial charge is 0.191 e. The molecule has 1 aromatic carbocycles. The predicted octanol–water partition coefficient (Wildman–Crippen LogP) is 2.50. The van der Waals surface area contributed by atoms with Gasteiger partial charge in [0.15, 0.2) is 5.96 Å². The van der Waals surface area contributed by atoms with Gasteiger partial charge in [0.1, 0.15) is 0 Å². The van der Waals surface area contributed by atoms with E-state index in [1.807, 2.05) is 7.05 Å². The number of aryl methyl sites for hydroxylation is 1. The molecule has 0 saturated heterocycles. The highest BCUT2D eigenvalue weighted by Crippen LogP contribution is 2.08. The molecule has 0 amide bonds. The van der Waals surface area contributed by atoms with E-state index < -0.39 is 0 Å². The second-order valence-electron chi connectivity index (χ2n) is 5.62. The number of likely N-dealkylation sites (N-methyl/N-ethyl adjacent to an activating group) is 1. The third-order valence-corrected chi connectivity index (χ3v) is 3.86. The lowest BCUT2D eigenvalue weighted by molar-refractivity contribution is 0.161. The molecule has 6 heteroatoms. The second-order valence-corrected chi connectivity index (χ2v) is 5.62. The molecular formula is C18H33IN4O. The first kappa shape index (κ1) is 23.1. The van der Waals surface area contributed by atoms with Crippen LogP contribution in [0.3, 0.4) is 0 Å². The Labute approximate surface area is 164 Å². The Bertz CT molecular complexity index is 468. The zero-order valence-corrected chi connectivity index (χ0v) is 17.8. The van der Waals surface area contributed by atoms with Crippen molar-refractivity contribution in [1.82, 2.24) is 15.5 Å². The van der Waals surface area contributed by atoms with Crippen LogP contribution in [-0.2, 0) is 17.7 Å². The molecule has 2 N–H and O–H groups in total. The van der Waals surface area contributed by atoms with E-state index in [9.17, 15) is 0 Å². The van der Waals surface area contributed by atoms with Gasteiger partial charge in [0, 0.05) is 33.8 Å². The van der Waals surface area contributed by atoms with Gasteiger partial charge in [0.2, 0.25) is 0 Å². The predicted molar refractivity (Wildman–Crippen MR) is 113 cm³/mol. The summed E-state index contributed by atoms with van der Waals surface area (Å²) in [5.74, 6) is 0.857. The Morgan fingerprint density at radius 2 is 1.88 bits per heavy atom. The molecule has 0 radical (unpaired) electrons. The minimum Gasteiger partial charge on any atom is -0.383 e. The molecular weight excluding hydrogens is 415 g/mol. The SMILES string of the molecule is CCc1ccccc1CNC(=NC)NCCCN(C)CCOC.I. The lowest BCUT2D eigenvalue weighted by atomic mass is 10.1. The first-order chi connectivity index (χ1) is 11.2. The van der Waals surface area contributed by atoms with Crippen LogP contribution in [-0.4, -0.2) is 58.3 Å². The third-order valence-electron chi connectivity index (χ3n) is 3.86. The maximum Gasteiger partial charge on any atom is 0.191 e. The van der Waals surface area contributed by atoms with Crippen LogP contribution >= 0.6 is 24.0 Å². The van der Waals surface area contributed by atoms with E-state index in [1.165, 1.54) is 11.1 Å². The third kappa shape index (κ3) is 9.44. The molecule has 0 heterocycles. The molecule has 0 unspecified atom stereocenters. The monoisotopic (exact) mass is 448 g/mol. The van der Waals surface area contributed by atoms with Crippen molar-refractivity contribution < 1.29 is 4.74 Å². The number of methoxy groups -OCH3 is 1. The van der Waals surface area contributed by atoms with E-state index >= 15 is 0 Å². The number of rotatable bonds is 10. The average Bonchev–Trinajstić information content (AvgIpc) is 2.59. The highest BCUT2D eigenvalue weighted by Gasteiger charge is 2.02. The maximum atomic E-state index is 5.08. The molecule has 0 aliphatic rings. The highest BCUT2D eigenvalue weighted by atomic mass is 127. The Morgan fingerprint density at radius 1 is 1.17 bits per heavy atom. The van der Waals surface area contributed by atoms with E-state index in [0.717, 1.165) is 51.6 Å². The topological polar surface area (TPSA) is 48.9 Å². The van der Waals surface area contributed by atoms with Gasteiger partial charge in [0.05, 0.1) is 6.61 Å². The van der Waals surface area contributed by atoms with Crippen LogP contribution < -0.4 is 10.6 Å². The number of hydrogen-bond acceptors (Lipinski definition) is 3. The first-order valence-corrected chi connectivity index (χ1v) is 8.40. The first-order valence-electron chi connectivity index (χ1n) is 8.40. The van der Waals surface area contributed by atoms with Crippen molar-refractivity contribution in [2.45, 2.75) is 26.3 Å². The zero-order chi connectivity index (χ0) is 16.9. The molecule has 138 valence electrons. The van der Waals surface area contributed by atoms with Crippen molar-refractivity contribution in [1.29, 1.82) is 0 Å². The van der Waals surface area contributed by atoms with Gasteiger partial charge in [0.25, 0.3) is 0 Å². The molecule has 1 aromatic rings. The highest BCUT2D eigenvalue weighted by molar-refractivity contribution is 14.0. The normalized spacial score (nSPS) is 11.3. The van der Waals surface area contributed by atoms with Crippen molar-refractivity contribution in [3.63, 3.8) is 0 Å². The van der Waals surface area contributed by atoms with Gasteiger partial charge in [-0.2, -0.15) is 0 Å². The molecule has 0 bridgehead atoms. The molecule has 0 aromatic heterocycles. The van der Waals surface area contributed by atoms with Crippen LogP contribution in [0.25, 0.3) is 0 Å². The standard InChI is InChI=1S/C18H32N4O.HI/c1-5-16-9-6-7-10-17(16)15-21-18(19-2)20-11-8-12-22(3)13-14-23-4;/h6-7,9-10H,5,8,11-15H2,1-4H3,(H2,19,20,21);1H. The van der Waals surface area contributed by atoms with Crippen LogP contribution in [0.5, 0.6) is 0 Å². The maximum absolute atomic E-state index is 5.08. The van der Waals surface area contributed by atoms with E-state index in [2.05, 4.69) is 58.8 Å². The fourth-order valence-corrected chi connectivity index (χ4v) is 2.39. The van der Waals surface area contributed by atoms with Gasteiger partial charge < -0.3 is 20.3 Å². The van der Waals surface area contributed by atoms with Gasteiger partial charge in [-0.3, -0.25) is 4.99 Å². The summed E-state index contributed by atoms with van der Waals surface area (Å²) in [4.78, 5) is 6.56. The number of halogens is 1. The second kappa shape index (κ2) is 14.5. The van der Waals surface area contributed by atoms with E-state index in [-0.39, 0.29) is 24.0 Å². The number of nitrogens with zero attached hydrogens (tertiary/aromatic N) is 2. The summed E-state index contributed by atoms with van der Waals surface area (Å²) >= 11 is 0. The lowest BCUT2D eigenvalue weighted by Gasteiger charge is -2.17. The Kier molecular flexibility index (Phi) is 14.0. The quantitative estimate of drug-likeness (QED) is 0.250. The van der Waals surface area contributed by atoms with Crippen molar-refractivity contribution in [3.05, 3.63) is 35.4 Å².